The van der Waals surface area contributed by atoms with Crippen LogP contribution in [0, 0.1) is 5.92 Å². The van der Waals surface area contributed by atoms with Gasteiger partial charge in [-0.15, -0.1) is 0 Å². The van der Waals surface area contributed by atoms with Crippen molar-refractivity contribution in [1.29, 1.82) is 0 Å². The first-order valence-corrected chi connectivity index (χ1v) is 11.0. The molecule has 1 aliphatic carbocycles. The molecule has 0 unspecified atom stereocenters. The van der Waals surface area contributed by atoms with Crippen LogP contribution in [-0.4, -0.2) is 37.1 Å². The molecule has 1 aromatic heterocycles. The Morgan fingerprint density at radius 2 is 1.96 bits per heavy atom. The molecule has 1 atom stereocenters. The van der Waals surface area contributed by atoms with Crippen molar-refractivity contribution in [1.82, 2.24) is 15.6 Å². The number of fused-ring (bicyclic) bond motifs is 2. The Morgan fingerprint density at radius 1 is 1.11 bits per heavy atom. The number of hydrogen-bond donors (Lipinski definition) is 3. The van der Waals surface area contributed by atoms with Crippen LogP contribution in [-0.2, 0) is 17.6 Å². The molecule has 0 saturated carbocycles. The number of piperidine rings is 1. The summed E-state index contributed by atoms with van der Waals surface area (Å²) >= 11 is 0. The summed E-state index contributed by atoms with van der Waals surface area (Å²) in [5.74, 6) is 0.371. The minimum atomic E-state index is 0.154. The number of aromatic nitrogens is 1. The van der Waals surface area contributed by atoms with E-state index in [1.807, 2.05) is 0 Å². The SMILES string of the molecule is O=C(NCCCCNc1c2c(nc3ccccc13)CCCC2)[C@@H]1CCCNC1. The average Bonchev–Trinajstić information content (AvgIpc) is 2.75. The second-order valence-corrected chi connectivity index (χ2v) is 8.10. The van der Waals surface area contributed by atoms with Crippen molar-refractivity contribution < 1.29 is 4.79 Å². The van der Waals surface area contributed by atoms with Gasteiger partial charge in [0.15, 0.2) is 0 Å². The van der Waals surface area contributed by atoms with Crippen LogP contribution in [0.3, 0.4) is 0 Å². The second kappa shape index (κ2) is 9.37. The van der Waals surface area contributed by atoms with Gasteiger partial charge in [-0.25, -0.2) is 0 Å². The molecule has 4 rings (SSSR count). The Kier molecular flexibility index (Phi) is 6.42. The number of amides is 1. The lowest BCUT2D eigenvalue weighted by Crippen LogP contribution is -2.40. The molecule has 5 nitrogen and oxygen atoms in total. The summed E-state index contributed by atoms with van der Waals surface area (Å²) in [7, 11) is 0. The van der Waals surface area contributed by atoms with Crippen molar-refractivity contribution in [2.24, 2.45) is 5.92 Å². The molecule has 5 heteroatoms. The van der Waals surface area contributed by atoms with Gasteiger partial charge in [-0.3, -0.25) is 9.78 Å². The van der Waals surface area contributed by atoms with Crippen LogP contribution < -0.4 is 16.0 Å². The highest BCUT2D eigenvalue weighted by Crippen LogP contribution is 2.33. The first-order chi connectivity index (χ1) is 13.8. The molecule has 1 fully saturated rings. The lowest BCUT2D eigenvalue weighted by atomic mass is 9.92. The second-order valence-electron chi connectivity index (χ2n) is 8.10. The monoisotopic (exact) mass is 380 g/mol. The van der Waals surface area contributed by atoms with Crippen molar-refractivity contribution >= 4 is 22.5 Å². The first kappa shape index (κ1) is 19.2. The van der Waals surface area contributed by atoms with E-state index in [4.69, 9.17) is 4.98 Å². The van der Waals surface area contributed by atoms with E-state index < -0.39 is 0 Å². The van der Waals surface area contributed by atoms with Crippen LogP contribution in [0.2, 0.25) is 0 Å². The van der Waals surface area contributed by atoms with E-state index in [1.54, 1.807) is 0 Å². The Balaban J connectivity index is 1.29. The van der Waals surface area contributed by atoms with Gasteiger partial charge in [-0.2, -0.15) is 0 Å². The van der Waals surface area contributed by atoms with E-state index in [0.717, 1.165) is 70.2 Å². The number of pyridine rings is 1. The zero-order valence-electron chi connectivity index (χ0n) is 16.7. The van der Waals surface area contributed by atoms with Crippen LogP contribution in [0.1, 0.15) is 49.8 Å². The minimum Gasteiger partial charge on any atom is -0.384 e. The number of nitrogens with zero attached hydrogens (tertiary/aromatic N) is 1. The maximum Gasteiger partial charge on any atom is 0.224 e. The number of para-hydroxylation sites is 1. The molecule has 28 heavy (non-hydrogen) atoms. The molecule has 1 aliphatic heterocycles. The summed E-state index contributed by atoms with van der Waals surface area (Å²) in [5.41, 5.74) is 5.08. The smallest absolute Gasteiger partial charge is 0.224 e. The maximum absolute atomic E-state index is 12.2. The van der Waals surface area contributed by atoms with E-state index in [2.05, 4.69) is 40.2 Å². The Morgan fingerprint density at radius 3 is 2.86 bits per heavy atom. The standard InChI is InChI=1S/C23H32N4O/c28-23(17-8-7-13-24-16-17)26-15-6-5-14-25-22-18-9-1-3-11-20(18)27-21-12-4-2-10-19(21)22/h1,3,9,11,17,24H,2,4-8,10,12-16H2,(H,25,27)(H,26,28)/t17-/m1/s1. The summed E-state index contributed by atoms with van der Waals surface area (Å²) in [6, 6.07) is 8.46. The van der Waals surface area contributed by atoms with Crippen LogP contribution in [0.15, 0.2) is 24.3 Å². The minimum absolute atomic E-state index is 0.154. The molecular formula is C23H32N4O. The Bertz CT molecular complexity index is 814. The zero-order chi connectivity index (χ0) is 19.2. The highest BCUT2D eigenvalue weighted by atomic mass is 16.1. The van der Waals surface area contributed by atoms with Crippen molar-refractivity contribution in [3.63, 3.8) is 0 Å². The van der Waals surface area contributed by atoms with Crippen LogP contribution >= 0.6 is 0 Å². The van der Waals surface area contributed by atoms with E-state index >= 15 is 0 Å². The summed E-state index contributed by atoms with van der Waals surface area (Å²) in [6.45, 7) is 3.57. The first-order valence-electron chi connectivity index (χ1n) is 11.0. The molecule has 2 heterocycles. The van der Waals surface area contributed by atoms with E-state index in [0.29, 0.717) is 0 Å². The van der Waals surface area contributed by atoms with Gasteiger partial charge in [0, 0.05) is 36.4 Å². The summed E-state index contributed by atoms with van der Waals surface area (Å²) in [4.78, 5) is 17.1. The highest BCUT2D eigenvalue weighted by Gasteiger charge is 2.20. The molecule has 2 aromatic rings. The van der Waals surface area contributed by atoms with Crippen molar-refractivity contribution in [3.05, 3.63) is 35.5 Å². The molecule has 2 aliphatic rings. The van der Waals surface area contributed by atoms with Crippen LogP contribution in [0.25, 0.3) is 10.9 Å². The number of aryl methyl sites for hydroxylation is 1. The van der Waals surface area contributed by atoms with E-state index in [9.17, 15) is 4.79 Å². The van der Waals surface area contributed by atoms with Gasteiger partial charge in [0.2, 0.25) is 5.91 Å². The van der Waals surface area contributed by atoms with Gasteiger partial charge < -0.3 is 16.0 Å². The highest BCUT2D eigenvalue weighted by molar-refractivity contribution is 5.93. The van der Waals surface area contributed by atoms with Gasteiger partial charge in [0.05, 0.1) is 11.4 Å². The lowest BCUT2D eigenvalue weighted by Gasteiger charge is -2.22. The van der Waals surface area contributed by atoms with Gasteiger partial charge in [-0.05, 0) is 69.5 Å². The molecule has 0 radical (unpaired) electrons. The fourth-order valence-electron chi connectivity index (χ4n) is 4.47. The molecule has 1 aromatic carbocycles. The molecule has 150 valence electrons. The van der Waals surface area contributed by atoms with Gasteiger partial charge in [0.25, 0.3) is 0 Å². The number of rotatable bonds is 7. The fraction of sp³-hybridized carbons (Fsp3) is 0.565. The predicted molar refractivity (Wildman–Crippen MR) is 115 cm³/mol. The Hall–Kier alpha value is -2.14. The summed E-state index contributed by atoms with van der Waals surface area (Å²) in [6.07, 6.45) is 8.89. The number of benzene rings is 1. The number of anilines is 1. The van der Waals surface area contributed by atoms with Crippen molar-refractivity contribution in [2.45, 2.75) is 51.4 Å². The average molecular weight is 381 g/mol. The predicted octanol–water partition coefficient (Wildman–Crippen LogP) is 3.42. The van der Waals surface area contributed by atoms with E-state index in [-0.39, 0.29) is 11.8 Å². The molecule has 3 N–H and O–H groups in total. The molecular weight excluding hydrogens is 348 g/mol. The maximum atomic E-state index is 12.2. The Labute approximate surface area is 167 Å². The number of hydrogen-bond acceptors (Lipinski definition) is 4. The number of carbonyl (C=O) groups excluding carboxylic acids is 1. The van der Waals surface area contributed by atoms with Crippen LogP contribution in [0.5, 0.6) is 0 Å². The molecule has 0 bridgehead atoms. The number of unbranched alkanes of at least 4 members (excludes halogenated alkanes) is 1. The molecule has 1 amide bonds. The van der Waals surface area contributed by atoms with Gasteiger partial charge >= 0.3 is 0 Å². The largest absolute Gasteiger partial charge is 0.384 e. The zero-order valence-corrected chi connectivity index (χ0v) is 16.7. The number of nitrogens with one attached hydrogen (secondary N) is 3. The normalized spacial score (nSPS) is 19.2. The fourth-order valence-corrected chi connectivity index (χ4v) is 4.47. The third-order valence-corrected chi connectivity index (χ3v) is 6.04. The molecule has 1 saturated heterocycles. The number of carbonyl (C=O) groups is 1. The summed E-state index contributed by atoms with van der Waals surface area (Å²) < 4.78 is 0. The lowest BCUT2D eigenvalue weighted by molar-refractivity contribution is -0.125. The van der Waals surface area contributed by atoms with Crippen LogP contribution in [0.4, 0.5) is 5.69 Å². The van der Waals surface area contributed by atoms with Crippen molar-refractivity contribution in [3.8, 4) is 0 Å². The molecule has 0 spiro atoms. The van der Waals surface area contributed by atoms with E-state index in [1.165, 1.54) is 35.2 Å². The van der Waals surface area contributed by atoms with Gasteiger partial charge in [-0.1, -0.05) is 18.2 Å². The van der Waals surface area contributed by atoms with Gasteiger partial charge in [0.1, 0.15) is 0 Å². The third kappa shape index (κ3) is 4.46. The third-order valence-electron chi connectivity index (χ3n) is 6.04. The summed E-state index contributed by atoms with van der Waals surface area (Å²) in [5, 5.41) is 11.4. The topological polar surface area (TPSA) is 66.0 Å². The van der Waals surface area contributed by atoms with Crippen molar-refractivity contribution in [2.75, 3.05) is 31.5 Å². The quantitative estimate of drug-likeness (QED) is 0.644.